The van der Waals surface area contributed by atoms with Gasteiger partial charge in [-0.1, -0.05) is 35.8 Å². The molecule has 1 aromatic carbocycles. The fourth-order valence-corrected chi connectivity index (χ4v) is 2.43. The molecule has 18 heavy (non-hydrogen) atoms. The van der Waals surface area contributed by atoms with Gasteiger partial charge in [0.2, 0.25) is 11.7 Å². The highest BCUT2D eigenvalue weighted by atomic mass is 16.5. The van der Waals surface area contributed by atoms with E-state index in [-0.39, 0.29) is 0 Å². The van der Waals surface area contributed by atoms with Crippen LogP contribution in [-0.2, 0) is 0 Å². The van der Waals surface area contributed by atoms with Crippen molar-refractivity contribution < 1.29 is 4.52 Å². The molecule has 0 amide bonds. The second-order valence-corrected chi connectivity index (χ2v) is 5.07. The van der Waals surface area contributed by atoms with Gasteiger partial charge in [-0.2, -0.15) is 4.98 Å². The lowest BCUT2D eigenvalue weighted by molar-refractivity contribution is 0.340. The van der Waals surface area contributed by atoms with Gasteiger partial charge in [0, 0.05) is 12.1 Å². The Morgan fingerprint density at radius 1 is 1.33 bits per heavy atom. The standard InChI is InChI=1S/C14H17N3O/c1-9-4-3-5-11(6-9)13-16-14(18-17-13)12-8-15-7-10(12)2/h3-6,10,12,15H,7-8H2,1-2H3. The largest absolute Gasteiger partial charge is 0.339 e. The van der Waals surface area contributed by atoms with Crippen LogP contribution < -0.4 is 5.32 Å². The third-order valence-electron chi connectivity index (χ3n) is 3.55. The molecule has 2 aromatic rings. The van der Waals surface area contributed by atoms with E-state index in [4.69, 9.17) is 4.52 Å². The van der Waals surface area contributed by atoms with Gasteiger partial charge in [-0.25, -0.2) is 0 Å². The van der Waals surface area contributed by atoms with Gasteiger partial charge < -0.3 is 9.84 Å². The molecule has 94 valence electrons. The van der Waals surface area contributed by atoms with Crippen LogP contribution in [0.15, 0.2) is 28.8 Å². The summed E-state index contributed by atoms with van der Waals surface area (Å²) in [6.07, 6.45) is 0. The Hall–Kier alpha value is -1.68. The summed E-state index contributed by atoms with van der Waals surface area (Å²) in [4.78, 5) is 4.54. The van der Waals surface area contributed by atoms with E-state index in [0.29, 0.717) is 17.7 Å². The number of nitrogens with one attached hydrogen (secondary N) is 1. The van der Waals surface area contributed by atoms with Crippen molar-refractivity contribution in [1.29, 1.82) is 0 Å². The maximum Gasteiger partial charge on any atom is 0.231 e. The molecule has 0 radical (unpaired) electrons. The molecule has 1 aliphatic rings. The van der Waals surface area contributed by atoms with Crippen LogP contribution in [0.25, 0.3) is 11.4 Å². The van der Waals surface area contributed by atoms with E-state index < -0.39 is 0 Å². The third-order valence-corrected chi connectivity index (χ3v) is 3.55. The van der Waals surface area contributed by atoms with Crippen molar-refractivity contribution in [2.24, 2.45) is 5.92 Å². The molecule has 2 atom stereocenters. The summed E-state index contributed by atoms with van der Waals surface area (Å²) < 4.78 is 5.41. The van der Waals surface area contributed by atoms with E-state index in [1.54, 1.807) is 0 Å². The molecule has 0 bridgehead atoms. The first-order chi connectivity index (χ1) is 8.74. The zero-order valence-electron chi connectivity index (χ0n) is 10.7. The van der Waals surface area contributed by atoms with Gasteiger partial charge >= 0.3 is 0 Å². The van der Waals surface area contributed by atoms with Crippen LogP contribution in [0.1, 0.15) is 24.3 Å². The molecule has 1 N–H and O–H groups in total. The molecule has 4 nitrogen and oxygen atoms in total. The van der Waals surface area contributed by atoms with Gasteiger partial charge in [0.1, 0.15) is 0 Å². The first-order valence-corrected chi connectivity index (χ1v) is 6.35. The molecule has 1 aliphatic heterocycles. The molecular weight excluding hydrogens is 226 g/mol. The number of benzene rings is 1. The summed E-state index contributed by atoms with van der Waals surface area (Å²) in [5, 5.41) is 7.44. The third kappa shape index (κ3) is 2.04. The zero-order valence-corrected chi connectivity index (χ0v) is 10.7. The molecule has 1 aromatic heterocycles. The highest BCUT2D eigenvalue weighted by Crippen LogP contribution is 2.28. The number of nitrogens with zero attached hydrogens (tertiary/aromatic N) is 2. The van der Waals surface area contributed by atoms with E-state index in [1.807, 2.05) is 12.1 Å². The summed E-state index contributed by atoms with van der Waals surface area (Å²) in [5.41, 5.74) is 2.22. The summed E-state index contributed by atoms with van der Waals surface area (Å²) in [6, 6.07) is 8.16. The predicted molar refractivity (Wildman–Crippen MR) is 69.2 cm³/mol. The quantitative estimate of drug-likeness (QED) is 0.879. The average molecular weight is 243 g/mol. The highest BCUT2D eigenvalue weighted by Gasteiger charge is 2.29. The smallest absolute Gasteiger partial charge is 0.231 e. The normalized spacial score (nSPS) is 23.4. The number of hydrogen-bond acceptors (Lipinski definition) is 4. The molecule has 2 unspecified atom stereocenters. The number of aromatic nitrogens is 2. The lowest BCUT2D eigenvalue weighted by atomic mass is 9.98. The first-order valence-electron chi connectivity index (χ1n) is 6.35. The van der Waals surface area contributed by atoms with Gasteiger partial charge in [-0.3, -0.25) is 0 Å². The van der Waals surface area contributed by atoms with Gasteiger partial charge in [0.05, 0.1) is 5.92 Å². The van der Waals surface area contributed by atoms with Gasteiger partial charge in [-0.05, 0) is 25.5 Å². The van der Waals surface area contributed by atoms with E-state index in [2.05, 4.69) is 41.4 Å². The maximum atomic E-state index is 5.41. The van der Waals surface area contributed by atoms with Gasteiger partial charge in [-0.15, -0.1) is 0 Å². The second kappa shape index (κ2) is 4.53. The second-order valence-electron chi connectivity index (χ2n) is 5.07. The van der Waals surface area contributed by atoms with E-state index in [9.17, 15) is 0 Å². The minimum absolute atomic E-state index is 0.344. The zero-order chi connectivity index (χ0) is 12.5. The SMILES string of the molecule is Cc1cccc(-c2noc(C3CNCC3C)n2)c1. The Labute approximate surface area is 106 Å². The van der Waals surface area contributed by atoms with E-state index in [0.717, 1.165) is 24.5 Å². The number of aryl methyl sites for hydroxylation is 1. The predicted octanol–water partition coefficient (Wildman–Crippen LogP) is 2.37. The van der Waals surface area contributed by atoms with Gasteiger partial charge in [0.25, 0.3) is 0 Å². The van der Waals surface area contributed by atoms with E-state index in [1.165, 1.54) is 5.56 Å². The van der Waals surface area contributed by atoms with Crippen molar-refractivity contribution in [2.75, 3.05) is 13.1 Å². The fourth-order valence-electron chi connectivity index (χ4n) is 2.43. The lowest BCUT2D eigenvalue weighted by Gasteiger charge is -2.07. The van der Waals surface area contributed by atoms with E-state index >= 15 is 0 Å². The molecule has 3 rings (SSSR count). The molecule has 1 saturated heterocycles. The molecule has 0 aliphatic carbocycles. The summed E-state index contributed by atoms with van der Waals surface area (Å²) in [6.45, 7) is 6.22. The minimum atomic E-state index is 0.344. The van der Waals surface area contributed by atoms with Crippen LogP contribution in [0.2, 0.25) is 0 Å². The Balaban J connectivity index is 1.89. The fraction of sp³-hybridized carbons (Fsp3) is 0.429. The summed E-state index contributed by atoms with van der Waals surface area (Å²) in [7, 11) is 0. The van der Waals surface area contributed by atoms with Crippen molar-refractivity contribution >= 4 is 0 Å². The first kappa shape index (κ1) is 11.4. The van der Waals surface area contributed by atoms with Crippen molar-refractivity contribution in [3.05, 3.63) is 35.7 Å². The average Bonchev–Trinajstić information content (AvgIpc) is 2.97. The highest BCUT2D eigenvalue weighted by molar-refractivity contribution is 5.55. The number of rotatable bonds is 2. The maximum absolute atomic E-state index is 5.41. The van der Waals surface area contributed by atoms with Crippen molar-refractivity contribution in [3.63, 3.8) is 0 Å². The molecule has 0 saturated carbocycles. The molecule has 2 heterocycles. The van der Waals surface area contributed by atoms with Crippen molar-refractivity contribution in [3.8, 4) is 11.4 Å². The minimum Gasteiger partial charge on any atom is -0.339 e. The van der Waals surface area contributed by atoms with Crippen LogP contribution >= 0.6 is 0 Å². The molecular formula is C14H17N3O. The van der Waals surface area contributed by atoms with Crippen LogP contribution in [0.5, 0.6) is 0 Å². The lowest BCUT2D eigenvalue weighted by Crippen LogP contribution is -2.08. The molecule has 0 spiro atoms. The van der Waals surface area contributed by atoms with Crippen LogP contribution in [0, 0.1) is 12.8 Å². The summed E-state index contributed by atoms with van der Waals surface area (Å²) in [5.74, 6) is 2.34. The Morgan fingerprint density at radius 3 is 2.94 bits per heavy atom. The molecule has 4 heteroatoms. The Bertz CT molecular complexity index is 549. The Kier molecular flexibility index (Phi) is 2.88. The van der Waals surface area contributed by atoms with Crippen LogP contribution in [-0.4, -0.2) is 23.2 Å². The topological polar surface area (TPSA) is 51.0 Å². The monoisotopic (exact) mass is 243 g/mol. The number of hydrogen-bond donors (Lipinski definition) is 1. The van der Waals surface area contributed by atoms with Crippen LogP contribution in [0.3, 0.4) is 0 Å². The van der Waals surface area contributed by atoms with Crippen molar-refractivity contribution in [1.82, 2.24) is 15.5 Å². The van der Waals surface area contributed by atoms with Gasteiger partial charge in [0.15, 0.2) is 0 Å². The van der Waals surface area contributed by atoms with Crippen molar-refractivity contribution in [2.45, 2.75) is 19.8 Å². The summed E-state index contributed by atoms with van der Waals surface area (Å²) >= 11 is 0. The van der Waals surface area contributed by atoms with Crippen LogP contribution in [0.4, 0.5) is 0 Å². The Morgan fingerprint density at radius 2 is 2.22 bits per heavy atom. The molecule has 1 fully saturated rings.